The number of rotatable bonds is 7. The summed E-state index contributed by atoms with van der Waals surface area (Å²) in [5.74, 6) is -0.832. The molecule has 23 heavy (non-hydrogen) atoms. The summed E-state index contributed by atoms with van der Waals surface area (Å²) in [6.45, 7) is 10.1. The van der Waals surface area contributed by atoms with Gasteiger partial charge in [0.25, 0.3) is 0 Å². The van der Waals surface area contributed by atoms with Crippen molar-refractivity contribution in [1.82, 2.24) is 5.32 Å². The van der Waals surface area contributed by atoms with Gasteiger partial charge in [0.15, 0.2) is 5.78 Å². The number of ether oxygens (including phenoxy) is 2. The molecule has 0 bridgehead atoms. The van der Waals surface area contributed by atoms with E-state index in [1.165, 1.54) is 0 Å². The zero-order chi connectivity index (χ0) is 18.3. The molecule has 0 aromatic rings. The second-order valence-corrected chi connectivity index (χ2v) is 7.26. The molecule has 7 nitrogen and oxygen atoms in total. The molecule has 134 valence electrons. The number of carbonyl (C=O) groups excluding carboxylic acids is 3. The number of aliphatic hydroxyl groups excluding tert-OH is 1. The van der Waals surface area contributed by atoms with E-state index in [2.05, 4.69) is 5.32 Å². The predicted molar refractivity (Wildman–Crippen MR) is 84.9 cm³/mol. The maximum Gasteiger partial charge on any atom is 0.408 e. The van der Waals surface area contributed by atoms with Crippen LogP contribution in [0.2, 0.25) is 0 Å². The van der Waals surface area contributed by atoms with Crippen LogP contribution in [-0.4, -0.2) is 46.8 Å². The lowest BCUT2D eigenvalue weighted by Gasteiger charge is -2.23. The van der Waals surface area contributed by atoms with Gasteiger partial charge in [-0.3, -0.25) is 9.59 Å². The van der Waals surface area contributed by atoms with Crippen LogP contribution in [0.3, 0.4) is 0 Å². The minimum absolute atomic E-state index is 0.0619. The molecule has 0 fully saturated rings. The van der Waals surface area contributed by atoms with Crippen molar-refractivity contribution in [3.63, 3.8) is 0 Å². The topological polar surface area (TPSA) is 102 Å². The molecule has 0 radical (unpaired) electrons. The largest absolute Gasteiger partial charge is 0.460 e. The summed E-state index contributed by atoms with van der Waals surface area (Å²) in [4.78, 5) is 35.4. The smallest absolute Gasteiger partial charge is 0.408 e. The summed E-state index contributed by atoms with van der Waals surface area (Å²) in [6, 6.07) is -0.891. The fraction of sp³-hybridized carbons (Fsp3) is 0.812. The van der Waals surface area contributed by atoms with Gasteiger partial charge in [-0.15, -0.1) is 0 Å². The van der Waals surface area contributed by atoms with Crippen molar-refractivity contribution in [2.24, 2.45) is 0 Å². The Kier molecular flexibility index (Phi) is 8.23. The third-order valence-corrected chi connectivity index (χ3v) is 2.49. The number of ketones is 1. The zero-order valence-electron chi connectivity index (χ0n) is 14.9. The lowest BCUT2D eigenvalue weighted by atomic mass is 10.1. The number of aliphatic hydroxyl groups is 1. The third-order valence-electron chi connectivity index (χ3n) is 2.49. The van der Waals surface area contributed by atoms with Gasteiger partial charge in [-0.05, 0) is 48.0 Å². The summed E-state index contributed by atoms with van der Waals surface area (Å²) in [5.41, 5.74) is -1.30. The second-order valence-electron chi connectivity index (χ2n) is 7.26. The summed E-state index contributed by atoms with van der Waals surface area (Å²) in [7, 11) is 0. The minimum Gasteiger partial charge on any atom is -0.460 e. The molecule has 0 aromatic heterocycles. The summed E-state index contributed by atoms with van der Waals surface area (Å²) in [5, 5.41) is 11.4. The highest BCUT2D eigenvalue weighted by Crippen LogP contribution is 2.11. The van der Waals surface area contributed by atoms with Gasteiger partial charge in [0.1, 0.15) is 11.2 Å². The molecular formula is C16H29NO6. The van der Waals surface area contributed by atoms with Crippen molar-refractivity contribution in [2.45, 2.75) is 78.0 Å². The lowest BCUT2D eigenvalue weighted by Crippen LogP contribution is -2.44. The molecule has 0 aliphatic carbocycles. The van der Waals surface area contributed by atoms with E-state index >= 15 is 0 Å². The quantitative estimate of drug-likeness (QED) is 0.691. The van der Waals surface area contributed by atoms with Crippen molar-refractivity contribution < 1.29 is 29.0 Å². The molecule has 0 rings (SSSR count). The van der Waals surface area contributed by atoms with E-state index in [-0.39, 0.29) is 31.7 Å². The first kappa shape index (κ1) is 21.4. The molecule has 0 unspecified atom stereocenters. The number of carbonyl (C=O) groups is 3. The Balaban J connectivity index is 4.51. The van der Waals surface area contributed by atoms with Gasteiger partial charge < -0.3 is 19.9 Å². The number of hydrogen-bond acceptors (Lipinski definition) is 6. The van der Waals surface area contributed by atoms with Crippen LogP contribution in [0.15, 0.2) is 0 Å². The molecular weight excluding hydrogens is 302 g/mol. The Bertz CT molecular complexity index is 419. The number of hydrogen-bond donors (Lipinski definition) is 2. The van der Waals surface area contributed by atoms with Crippen LogP contribution in [0.5, 0.6) is 0 Å². The molecule has 0 saturated carbocycles. The van der Waals surface area contributed by atoms with E-state index in [9.17, 15) is 14.4 Å². The van der Waals surface area contributed by atoms with Crippen molar-refractivity contribution in [3.8, 4) is 0 Å². The molecule has 0 saturated heterocycles. The molecule has 0 aliphatic heterocycles. The highest BCUT2D eigenvalue weighted by atomic mass is 16.6. The Hall–Kier alpha value is -1.63. The molecule has 1 amide bonds. The molecule has 0 aliphatic rings. The number of amides is 1. The van der Waals surface area contributed by atoms with Crippen LogP contribution in [0.4, 0.5) is 4.79 Å². The van der Waals surface area contributed by atoms with Crippen LogP contribution < -0.4 is 5.32 Å². The first-order valence-corrected chi connectivity index (χ1v) is 7.69. The Morgan fingerprint density at radius 2 is 1.48 bits per heavy atom. The standard InChI is InChI=1S/C16H29NO6/c1-15(2,3)22-13(20)8-7-12(19)11(9-10-18)17-14(21)23-16(4,5)6/h11,18H,7-10H2,1-6H3,(H,17,21)/t11-/m0/s1. The van der Waals surface area contributed by atoms with E-state index in [1.807, 2.05) is 0 Å². The fourth-order valence-electron chi connectivity index (χ4n) is 1.68. The monoisotopic (exact) mass is 331 g/mol. The lowest BCUT2D eigenvalue weighted by molar-refractivity contribution is -0.155. The third kappa shape index (κ3) is 11.6. The maximum atomic E-state index is 12.1. The Morgan fingerprint density at radius 3 is 1.91 bits per heavy atom. The van der Waals surface area contributed by atoms with E-state index in [0.29, 0.717) is 0 Å². The van der Waals surface area contributed by atoms with Gasteiger partial charge in [0, 0.05) is 13.0 Å². The van der Waals surface area contributed by atoms with Crippen LogP contribution in [-0.2, 0) is 19.1 Å². The molecule has 0 spiro atoms. The van der Waals surface area contributed by atoms with Crippen molar-refractivity contribution in [3.05, 3.63) is 0 Å². The first-order valence-electron chi connectivity index (χ1n) is 7.69. The number of esters is 1. The average molecular weight is 331 g/mol. The highest BCUT2D eigenvalue weighted by Gasteiger charge is 2.25. The highest BCUT2D eigenvalue weighted by molar-refractivity contribution is 5.89. The maximum absolute atomic E-state index is 12.1. The molecule has 1 atom stereocenters. The van der Waals surface area contributed by atoms with E-state index in [1.54, 1.807) is 41.5 Å². The fourth-order valence-corrected chi connectivity index (χ4v) is 1.68. The molecule has 0 aromatic carbocycles. The number of alkyl carbamates (subject to hydrolysis) is 1. The van der Waals surface area contributed by atoms with Crippen LogP contribution in [0, 0.1) is 0 Å². The Morgan fingerprint density at radius 1 is 0.957 bits per heavy atom. The Labute approximate surface area is 137 Å². The van der Waals surface area contributed by atoms with Gasteiger partial charge in [0.2, 0.25) is 0 Å². The molecule has 7 heteroatoms. The predicted octanol–water partition coefficient (Wildman–Crippen LogP) is 1.95. The number of nitrogens with one attached hydrogen (secondary N) is 1. The van der Waals surface area contributed by atoms with Gasteiger partial charge in [-0.1, -0.05) is 0 Å². The van der Waals surface area contributed by atoms with Crippen molar-refractivity contribution >= 4 is 17.8 Å². The van der Waals surface area contributed by atoms with Crippen LogP contribution in [0.1, 0.15) is 60.8 Å². The molecule has 0 heterocycles. The second kappa shape index (κ2) is 8.86. The summed E-state index contributed by atoms with van der Waals surface area (Å²) >= 11 is 0. The van der Waals surface area contributed by atoms with E-state index in [4.69, 9.17) is 14.6 Å². The van der Waals surface area contributed by atoms with E-state index < -0.39 is 29.3 Å². The van der Waals surface area contributed by atoms with Crippen molar-refractivity contribution in [2.75, 3.05) is 6.61 Å². The van der Waals surface area contributed by atoms with E-state index in [0.717, 1.165) is 0 Å². The zero-order valence-corrected chi connectivity index (χ0v) is 14.9. The van der Waals surface area contributed by atoms with Gasteiger partial charge in [-0.2, -0.15) is 0 Å². The summed E-state index contributed by atoms with van der Waals surface area (Å²) in [6.07, 6.45) is -0.822. The minimum atomic E-state index is -0.891. The SMILES string of the molecule is CC(C)(C)OC(=O)CCC(=O)[C@H](CCO)NC(=O)OC(C)(C)C. The normalized spacial score (nSPS) is 13.2. The van der Waals surface area contributed by atoms with Gasteiger partial charge in [0.05, 0.1) is 12.5 Å². The van der Waals surface area contributed by atoms with Crippen LogP contribution in [0.25, 0.3) is 0 Å². The summed E-state index contributed by atoms with van der Waals surface area (Å²) < 4.78 is 10.2. The number of Topliss-reactive ketones (excluding diaryl/α,β-unsaturated/α-hetero) is 1. The van der Waals surface area contributed by atoms with Crippen LogP contribution >= 0.6 is 0 Å². The van der Waals surface area contributed by atoms with Gasteiger partial charge in [-0.25, -0.2) is 4.79 Å². The molecule has 2 N–H and O–H groups in total. The first-order chi connectivity index (χ1) is 10.3. The average Bonchev–Trinajstić information content (AvgIpc) is 2.31. The van der Waals surface area contributed by atoms with Crippen molar-refractivity contribution in [1.29, 1.82) is 0 Å². The van der Waals surface area contributed by atoms with Gasteiger partial charge >= 0.3 is 12.1 Å².